The number of ether oxygens (including phenoxy) is 1. The number of methoxy groups -OCH3 is 1. The molecule has 2 rings (SSSR count). The summed E-state index contributed by atoms with van der Waals surface area (Å²) in [6.45, 7) is -0.277. The third-order valence-electron chi connectivity index (χ3n) is 3.04. The van der Waals surface area contributed by atoms with E-state index < -0.39 is 10.8 Å². The highest BCUT2D eigenvalue weighted by atomic mass is 16.6. The topological polar surface area (TPSA) is 132 Å². The highest BCUT2D eigenvalue weighted by Gasteiger charge is 2.23. The van der Waals surface area contributed by atoms with Crippen LogP contribution in [0.5, 0.6) is 5.75 Å². The maximum atomic E-state index is 11.7. The minimum Gasteiger partial charge on any atom is -0.494 e. The second-order valence-electron chi connectivity index (χ2n) is 4.98. The number of non-ortho nitro benzene ring substituents is 1. The Balaban J connectivity index is 1.83. The number of nitro groups is 1. The van der Waals surface area contributed by atoms with Crippen LogP contribution in [0, 0.1) is 10.1 Å². The van der Waals surface area contributed by atoms with E-state index in [1.807, 2.05) is 0 Å². The molecule has 0 bridgehead atoms. The number of hydrogen-bond donors (Lipinski definition) is 2. The van der Waals surface area contributed by atoms with Gasteiger partial charge in [-0.25, -0.2) is 0 Å². The Morgan fingerprint density at radius 3 is 2.83 bits per heavy atom. The van der Waals surface area contributed by atoms with Gasteiger partial charge in [0.2, 0.25) is 0 Å². The first-order valence-corrected chi connectivity index (χ1v) is 7.07. The van der Waals surface area contributed by atoms with E-state index in [0.29, 0.717) is 0 Å². The van der Waals surface area contributed by atoms with Gasteiger partial charge in [-0.1, -0.05) is 5.16 Å². The Kier molecular flexibility index (Phi) is 5.66. The third-order valence-corrected chi connectivity index (χ3v) is 3.04. The third kappa shape index (κ3) is 5.23. The quantitative estimate of drug-likeness (QED) is 0.410. The van der Waals surface area contributed by atoms with Crippen LogP contribution in [0.25, 0.3) is 0 Å². The lowest BCUT2D eigenvalue weighted by atomic mass is 10.2. The second-order valence-corrected chi connectivity index (χ2v) is 4.98. The minimum absolute atomic E-state index is 0.135. The zero-order valence-corrected chi connectivity index (χ0v) is 12.9. The number of hydrogen-bond acceptors (Lipinski definition) is 7. The number of rotatable bonds is 8. The smallest absolute Gasteiger partial charge is 0.273 e. The summed E-state index contributed by atoms with van der Waals surface area (Å²) in [5, 5.41) is 19.2. The van der Waals surface area contributed by atoms with Crippen LogP contribution in [-0.2, 0) is 14.4 Å². The van der Waals surface area contributed by atoms with Crippen molar-refractivity contribution in [1.82, 2.24) is 5.32 Å². The SMILES string of the molecule is COc1cc([N+](=O)[O-])ccc1NC(=O)/C=N\OCC(=O)NC1CC1. The first kappa shape index (κ1) is 17.2. The predicted molar refractivity (Wildman–Crippen MR) is 83.9 cm³/mol. The Labute approximate surface area is 136 Å². The van der Waals surface area contributed by atoms with Crippen molar-refractivity contribution in [2.24, 2.45) is 5.16 Å². The Morgan fingerprint density at radius 1 is 1.46 bits per heavy atom. The molecule has 24 heavy (non-hydrogen) atoms. The Morgan fingerprint density at radius 2 is 2.21 bits per heavy atom. The van der Waals surface area contributed by atoms with E-state index in [-0.39, 0.29) is 35.7 Å². The van der Waals surface area contributed by atoms with Crippen LogP contribution in [0.2, 0.25) is 0 Å². The average molecular weight is 336 g/mol. The van der Waals surface area contributed by atoms with Crippen molar-refractivity contribution in [3.8, 4) is 5.75 Å². The summed E-state index contributed by atoms with van der Waals surface area (Å²) in [6, 6.07) is 3.98. The zero-order chi connectivity index (χ0) is 17.5. The van der Waals surface area contributed by atoms with Crippen molar-refractivity contribution in [2.45, 2.75) is 18.9 Å². The number of anilines is 1. The van der Waals surface area contributed by atoms with Gasteiger partial charge < -0.3 is 20.2 Å². The molecule has 0 aliphatic heterocycles. The average Bonchev–Trinajstić information content (AvgIpc) is 3.35. The van der Waals surface area contributed by atoms with Crippen molar-refractivity contribution in [3.05, 3.63) is 28.3 Å². The van der Waals surface area contributed by atoms with Gasteiger partial charge in [-0.2, -0.15) is 0 Å². The van der Waals surface area contributed by atoms with Gasteiger partial charge in [0.1, 0.15) is 12.0 Å². The van der Waals surface area contributed by atoms with E-state index in [2.05, 4.69) is 15.8 Å². The first-order chi connectivity index (χ1) is 11.5. The molecule has 10 nitrogen and oxygen atoms in total. The maximum absolute atomic E-state index is 11.7. The number of nitrogens with one attached hydrogen (secondary N) is 2. The zero-order valence-electron chi connectivity index (χ0n) is 12.9. The summed E-state index contributed by atoms with van der Waals surface area (Å²) < 4.78 is 4.99. The maximum Gasteiger partial charge on any atom is 0.273 e. The molecule has 1 aliphatic carbocycles. The lowest BCUT2D eigenvalue weighted by molar-refractivity contribution is -0.384. The van der Waals surface area contributed by atoms with Crippen LogP contribution in [0.15, 0.2) is 23.4 Å². The lowest BCUT2D eigenvalue weighted by Gasteiger charge is -2.08. The molecule has 10 heteroatoms. The number of oxime groups is 1. The van der Waals surface area contributed by atoms with E-state index in [1.54, 1.807) is 0 Å². The van der Waals surface area contributed by atoms with Crippen molar-refractivity contribution in [2.75, 3.05) is 19.0 Å². The molecule has 1 aromatic rings. The highest BCUT2D eigenvalue weighted by molar-refractivity contribution is 6.31. The Hall–Kier alpha value is -3.17. The summed E-state index contributed by atoms with van der Waals surface area (Å²) in [7, 11) is 1.32. The van der Waals surface area contributed by atoms with Gasteiger partial charge in [0.05, 0.1) is 23.8 Å². The molecular formula is C14H16N4O6. The van der Waals surface area contributed by atoms with Crippen LogP contribution < -0.4 is 15.4 Å². The molecule has 0 radical (unpaired) electrons. The van der Waals surface area contributed by atoms with Crippen molar-refractivity contribution < 1.29 is 24.1 Å². The largest absolute Gasteiger partial charge is 0.494 e. The first-order valence-electron chi connectivity index (χ1n) is 7.07. The van der Waals surface area contributed by atoms with Gasteiger partial charge in [0.25, 0.3) is 17.5 Å². The molecule has 128 valence electrons. The van der Waals surface area contributed by atoms with Crippen LogP contribution in [0.4, 0.5) is 11.4 Å². The van der Waals surface area contributed by atoms with Crippen LogP contribution in [0.1, 0.15) is 12.8 Å². The molecule has 2 N–H and O–H groups in total. The summed E-state index contributed by atoms with van der Waals surface area (Å²) in [5.41, 5.74) is 0.0783. The summed E-state index contributed by atoms with van der Waals surface area (Å²) in [4.78, 5) is 37.9. The lowest BCUT2D eigenvalue weighted by Crippen LogP contribution is -2.28. The summed E-state index contributed by atoms with van der Waals surface area (Å²) in [5.74, 6) is -0.799. The molecule has 1 fully saturated rings. The molecule has 0 saturated heterocycles. The summed E-state index contributed by atoms with van der Waals surface area (Å²) >= 11 is 0. The van der Waals surface area contributed by atoms with Gasteiger partial charge in [-0.15, -0.1) is 0 Å². The fourth-order valence-corrected chi connectivity index (χ4v) is 1.74. The van der Waals surface area contributed by atoms with E-state index in [9.17, 15) is 19.7 Å². The number of nitro benzene ring substituents is 1. The van der Waals surface area contributed by atoms with E-state index in [1.165, 1.54) is 25.3 Å². The normalized spacial score (nSPS) is 13.4. The highest BCUT2D eigenvalue weighted by Crippen LogP contribution is 2.28. The van der Waals surface area contributed by atoms with Crippen LogP contribution in [-0.4, -0.2) is 42.7 Å². The van der Waals surface area contributed by atoms with Gasteiger partial charge in [-0.3, -0.25) is 19.7 Å². The van der Waals surface area contributed by atoms with Crippen molar-refractivity contribution in [3.63, 3.8) is 0 Å². The Bertz CT molecular complexity index is 671. The van der Waals surface area contributed by atoms with Gasteiger partial charge in [0.15, 0.2) is 6.61 Å². The van der Waals surface area contributed by atoms with Crippen LogP contribution >= 0.6 is 0 Å². The molecular weight excluding hydrogens is 320 g/mol. The molecule has 1 aromatic carbocycles. The molecule has 0 atom stereocenters. The van der Waals surface area contributed by atoms with Crippen molar-refractivity contribution in [1.29, 1.82) is 0 Å². The molecule has 1 saturated carbocycles. The van der Waals surface area contributed by atoms with Gasteiger partial charge in [-0.05, 0) is 18.9 Å². The number of nitrogens with zero attached hydrogens (tertiary/aromatic N) is 2. The second kappa shape index (κ2) is 7.90. The van der Waals surface area contributed by atoms with Gasteiger partial charge >= 0.3 is 0 Å². The minimum atomic E-state index is -0.634. The van der Waals surface area contributed by atoms with Gasteiger partial charge in [0, 0.05) is 12.1 Å². The number of benzene rings is 1. The fraction of sp³-hybridized carbons (Fsp3) is 0.357. The molecule has 0 spiro atoms. The van der Waals surface area contributed by atoms with E-state index in [0.717, 1.165) is 19.1 Å². The number of amides is 2. The van der Waals surface area contributed by atoms with Crippen molar-refractivity contribution >= 4 is 29.4 Å². The van der Waals surface area contributed by atoms with Crippen LogP contribution in [0.3, 0.4) is 0 Å². The number of carbonyl (C=O) groups excluding carboxylic acids is 2. The van der Waals surface area contributed by atoms with E-state index >= 15 is 0 Å². The standard InChI is InChI=1S/C14H16N4O6/c1-23-12-6-10(18(21)22)4-5-11(12)17-13(19)7-15-24-8-14(20)16-9-2-3-9/h4-7,9H,2-3,8H2,1H3,(H,16,20)(H,17,19)/b15-7-. The molecule has 0 heterocycles. The number of carbonyl (C=O) groups is 2. The predicted octanol–water partition coefficient (Wildman–Crippen LogP) is 0.823. The summed E-state index contributed by atoms with van der Waals surface area (Å²) in [6.07, 6.45) is 2.79. The molecule has 0 unspecified atom stereocenters. The van der Waals surface area contributed by atoms with E-state index in [4.69, 9.17) is 9.57 Å². The molecule has 1 aliphatic rings. The fourth-order valence-electron chi connectivity index (χ4n) is 1.74. The molecule has 0 aromatic heterocycles. The molecule has 2 amide bonds. The monoisotopic (exact) mass is 336 g/mol.